The minimum atomic E-state index is 0.237. The van der Waals surface area contributed by atoms with Crippen LogP contribution >= 0.6 is 11.6 Å². The molecule has 5 nitrogen and oxygen atoms in total. The Hall–Kier alpha value is -1.43. The topological polar surface area (TPSA) is 60.2 Å². The highest BCUT2D eigenvalue weighted by Gasteiger charge is 2.17. The van der Waals surface area contributed by atoms with E-state index < -0.39 is 0 Å². The summed E-state index contributed by atoms with van der Waals surface area (Å²) in [6.45, 7) is 2.29. The number of morpholine rings is 1. The fourth-order valence-electron chi connectivity index (χ4n) is 2.04. The maximum Gasteiger partial charge on any atom is 0.228 e. The summed E-state index contributed by atoms with van der Waals surface area (Å²) in [7, 11) is 0. The Morgan fingerprint density at radius 2 is 2.37 bits per heavy atom. The predicted octanol–water partition coefficient (Wildman–Crippen LogP) is 1.92. The van der Waals surface area contributed by atoms with Gasteiger partial charge in [0.2, 0.25) is 11.7 Å². The molecule has 0 amide bonds. The molecule has 3 rings (SSSR count). The molecule has 1 aliphatic rings. The van der Waals surface area contributed by atoms with Gasteiger partial charge in [-0.05, 0) is 12.1 Å². The first-order valence-corrected chi connectivity index (χ1v) is 6.59. The van der Waals surface area contributed by atoms with Crippen LogP contribution in [-0.2, 0) is 11.2 Å². The second kappa shape index (κ2) is 5.69. The Bertz CT molecular complexity index is 552. The molecule has 1 aromatic heterocycles. The van der Waals surface area contributed by atoms with Gasteiger partial charge >= 0.3 is 0 Å². The van der Waals surface area contributed by atoms with Crippen molar-refractivity contribution in [2.75, 3.05) is 19.8 Å². The van der Waals surface area contributed by atoms with Crippen LogP contribution in [0.4, 0.5) is 0 Å². The van der Waals surface area contributed by atoms with Gasteiger partial charge in [-0.1, -0.05) is 28.9 Å². The zero-order valence-corrected chi connectivity index (χ0v) is 11.1. The van der Waals surface area contributed by atoms with Gasteiger partial charge in [0, 0.05) is 29.6 Å². The van der Waals surface area contributed by atoms with Crippen LogP contribution in [0.15, 0.2) is 28.8 Å². The van der Waals surface area contributed by atoms with Crippen LogP contribution < -0.4 is 5.32 Å². The molecule has 2 heterocycles. The summed E-state index contributed by atoms with van der Waals surface area (Å²) in [5, 5.41) is 7.99. The largest absolute Gasteiger partial charge is 0.378 e. The van der Waals surface area contributed by atoms with Gasteiger partial charge in [-0.2, -0.15) is 4.98 Å². The fourth-order valence-corrected chi connectivity index (χ4v) is 2.23. The van der Waals surface area contributed by atoms with E-state index in [2.05, 4.69) is 15.5 Å². The third kappa shape index (κ3) is 3.12. The number of ether oxygens (including phenoxy) is 1. The van der Waals surface area contributed by atoms with Gasteiger partial charge in [0.1, 0.15) is 0 Å². The van der Waals surface area contributed by atoms with E-state index in [0.29, 0.717) is 29.8 Å². The quantitative estimate of drug-likeness (QED) is 0.930. The highest BCUT2D eigenvalue weighted by Crippen LogP contribution is 2.20. The monoisotopic (exact) mass is 279 g/mol. The van der Waals surface area contributed by atoms with Crippen molar-refractivity contribution in [2.24, 2.45) is 0 Å². The van der Waals surface area contributed by atoms with Gasteiger partial charge in [-0.3, -0.25) is 0 Å². The van der Waals surface area contributed by atoms with E-state index in [0.717, 1.165) is 18.7 Å². The van der Waals surface area contributed by atoms with Crippen molar-refractivity contribution >= 4 is 11.6 Å². The molecule has 1 N–H and O–H groups in total. The van der Waals surface area contributed by atoms with Crippen LogP contribution in [0.5, 0.6) is 0 Å². The van der Waals surface area contributed by atoms with E-state index in [1.54, 1.807) is 0 Å². The molecular formula is C13H14ClN3O2. The van der Waals surface area contributed by atoms with Gasteiger partial charge in [-0.25, -0.2) is 0 Å². The lowest BCUT2D eigenvalue weighted by molar-refractivity contribution is 0.0744. The number of hydrogen-bond acceptors (Lipinski definition) is 5. The van der Waals surface area contributed by atoms with Crippen molar-refractivity contribution in [1.29, 1.82) is 0 Å². The van der Waals surface area contributed by atoms with Crippen LogP contribution in [-0.4, -0.2) is 35.9 Å². The van der Waals surface area contributed by atoms with E-state index in [1.807, 2.05) is 24.3 Å². The number of halogens is 1. The van der Waals surface area contributed by atoms with Crippen LogP contribution in [0.3, 0.4) is 0 Å². The minimum Gasteiger partial charge on any atom is -0.378 e. The Morgan fingerprint density at radius 1 is 1.42 bits per heavy atom. The molecular weight excluding hydrogens is 266 g/mol. The lowest BCUT2D eigenvalue weighted by Gasteiger charge is -2.22. The molecule has 1 saturated heterocycles. The Labute approximate surface area is 115 Å². The lowest BCUT2D eigenvalue weighted by Crippen LogP contribution is -2.42. The molecule has 0 spiro atoms. The summed E-state index contributed by atoms with van der Waals surface area (Å²) in [4.78, 5) is 4.38. The molecule has 19 heavy (non-hydrogen) atoms. The van der Waals surface area contributed by atoms with Crippen LogP contribution in [0, 0.1) is 0 Å². The number of nitrogens with zero attached hydrogens (tertiary/aromatic N) is 2. The molecule has 6 heteroatoms. The first-order valence-electron chi connectivity index (χ1n) is 6.21. The molecule has 1 aliphatic heterocycles. The van der Waals surface area contributed by atoms with Crippen LogP contribution in [0.2, 0.25) is 5.02 Å². The number of benzene rings is 1. The van der Waals surface area contributed by atoms with Crippen molar-refractivity contribution in [3.05, 3.63) is 35.2 Å². The molecule has 1 aromatic carbocycles. The van der Waals surface area contributed by atoms with E-state index >= 15 is 0 Å². The number of rotatable bonds is 3. The van der Waals surface area contributed by atoms with Crippen molar-refractivity contribution < 1.29 is 9.26 Å². The average molecular weight is 280 g/mol. The number of nitrogens with one attached hydrogen (secondary N) is 1. The Morgan fingerprint density at radius 3 is 3.16 bits per heavy atom. The third-order valence-electron chi connectivity index (χ3n) is 2.97. The maximum atomic E-state index is 5.94. The molecule has 1 atom stereocenters. The Kier molecular flexibility index (Phi) is 3.77. The molecule has 100 valence electrons. The SMILES string of the molecule is Clc1cccc(-c2noc(CC3COCCN3)n2)c1. The minimum absolute atomic E-state index is 0.237. The average Bonchev–Trinajstić information content (AvgIpc) is 2.88. The molecule has 1 fully saturated rings. The van der Waals surface area contributed by atoms with Gasteiger partial charge in [0.15, 0.2) is 0 Å². The zero-order chi connectivity index (χ0) is 13.1. The summed E-state index contributed by atoms with van der Waals surface area (Å²) in [6, 6.07) is 7.64. The smallest absolute Gasteiger partial charge is 0.228 e. The third-order valence-corrected chi connectivity index (χ3v) is 3.21. The second-order valence-corrected chi connectivity index (χ2v) is 4.89. The highest BCUT2D eigenvalue weighted by molar-refractivity contribution is 6.30. The molecule has 0 aliphatic carbocycles. The summed E-state index contributed by atoms with van der Waals surface area (Å²) in [6.07, 6.45) is 0.674. The summed E-state index contributed by atoms with van der Waals surface area (Å²) in [5.41, 5.74) is 0.857. The van der Waals surface area contributed by atoms with Gasteiger partial charge in [-0.15, -0.1) is 0 Å². The second-order valence-electron chi connectivity index (χ2n) is 4.45. The van der Waals surface area contributed by atoms with Crippen molar-refractivity contribution in [1.82, 2.24) is 15.5 Å². The fraction of sp³-hybridized carbons (Fsp3) is 0.385. The van der Waals surface area contributed by atoms with Crippen molar-refractivity contribution in [2.45, 2.75) is 12.5 Å². The van der Waals surface area contributed by atoms with E-state index in [-0.39, 0.29) is 6.04 Å². The maximum absolute atomic E-state index is 5.94. The summed E-state index contributed by atoms with van der Waals surface area (Å²) >= 11 is 5.94. The van der Waals surface area contributed by atoms with Crippen molar-refractivity contribution in [3.8, 4) is 11.4 Å². The van der Waals surface area contributed by atoms with Crippen LogP contribution in [0.1, 0.15) is 5.89 Å². The zero-order valence-electron chi connectivity index (χ0n) is 10.3. The highest BCUT2D eigenvalue weighted by atomic mass is 35.5. The van der Waals surface area contributed by atoms with Gasteiger partial charge < -0.3 is 14.6 Å². The van der Waals surface area contributed by atoms with E-state index in [1.165, 1.54) is 0 Å². The van der Waals surface area contributed by atoms with Gasteiger partial charge in [0.05, 0.1) is 13.2 Å². The van der Waals surface area contributed by atoms with Crippen molar-refractivity contribution in [3.63, 3.8) is 0 Å². The standard InChI is InChI=1S/C13H14ClN3O2/c14-10-3-1-2-9(6-10)13-16-12(19-17-13)7-11-8-18-5-4-15-11/h1-3,6,11,15H,4-5,7-8H2. The summed E-state index contributed by atoms with van der Waals surface area (Å²) < 4.78 is 10.7. The molecule has 2 aromatic rings. The summed E-state index contributed by atoms with van der Waals surface area (Å²) in [5.74, 6) is 1.17. The van der Waals surface area contributed by atoms with E-state index in [9.17, 15) is 0 Å². The molecule has 0 bridgehead atoms. The normalized spacial score (nSPS) is 19.5. The number of aromatic nitrogens is 2. The molecule has 0 radical (unpaired) electrons. The molecule has 1 unspecified atom stereocenters. The first kappa shape index (κ1) is 12.6. The Balaban J connectivity index is 1.72. The van der Waals surface area contributed by atoms with Gasteiger partial charge in [0.25, 0.3) is 0 Å². The first-order chi connectivity index (χ1) is 9.31. The molecule has 0 saturated carbocycles. The number of hydrogen-bond donors (Lipinski definition) is 1. The van der Waals surface area contributed by atoms with E-state index in [4.69, 9.17) is 20.9 Å². The lowest BCUT2D eigenvalue weighted by atomic mass is 10.2. The van der Waals surface area contributed by atoms with Crippen LogP contribution in [0.25, 0.3) is 11.4 Å². The predicted molar refractivity (Wildman–Crippen MR) is 71.1 cm³/mol.